The van der Waals surface area contributed by atoms with Gasteiger partial charge in [0, 0.05) is 22.5 Å². The Labute approximate surface area is 112 Å². The van der Waals surface area contributed by atoms with E-state index >= 15 is 0 Å². The van der Waals surface area contributed by atoms with Gasteiger partial charge < -0.3 is 5.11 Å². The van der Waals surface area contributed by atoms with Crippen LogP contribution in [0.15, 0.2) is 24.3 Å². The molecule has 2 atom stereocenters. The average molecular weight is 268 g/mol. The van der Waals surface area contributed by atoms with Crippen molar-refractivity contribution in [2.24, 2.45) is 0 Å². The Balaban J connectivity index is 2.00. The summed E-state index contributed by atoms with van der Waals surface area (Å²) >= 11 is 3.87. The second-order valence-electron chi connectivity index (χ2n) is 4.42. The van der Waals surface area contributed by atoms with E-state index in [4.69, 9.17) is 0 Å². The second-order valence-corrected chi connectivity index (χ2v) is 6.92. The first kappa shape index (κ1) is 13.3. The topological polar surface area (TPSA) is 20.2 Å². The Kier molecular flexibility index (Phi) is 5.26. The van der Waals surface area contributed by atoms with Gasteiger partial charge in [0.1, 0.15) is 0 Å². The van der Waals surface area contributed by atoms with Crippen LogP contribution in [-0.4, -0.2) is 27.6 Å². The third-order valence-corrected chi connectivity index (χ3v) is 5.90. The number of thioether (sulfide) groups is 2. The number of hydrogen-bond donors (Lipinski definition) is 1. The summed E-state index contributed by atoms with van der Waals surface area (Å²) < 4.78 is 0. The molecule has 1 fully saturated rings. The monoisotopic (exact) mass is 268 g/mol. The van der Waals surface area contributed by atoms with E-state index in [1.807, 2.05) is 23.5 Å². The van der Waals surface area contributed by atoms with Gasteiger partial charge in [0.2, 0.25) is 0 Å². The lowest BCUT2D eigenvalue weighted by molar-refractivity contribution is 0.180. The van der Waals surface area contributed by atoms with Gasteiger partial charge >= 0.3 is 0 Å². The summed E-state index contributed by atoms with van der Waals surface area (Å²) in [7, 11) is 0. The maximum Gasteiger partial charge on any atom is 0.0916 e. The highest BCUT2D eigenvalue weighted by Gasteiger charge is 2.23. The average Bonchev–Trinajstić information content (AvgIpc) is 2.40. The first-order valence-electron chi connectivity index (χ1n) is 6.27. The molecule has 1 aromatic carbocycles. The lowest BCUT2D eigenvalue weighted by Crippen LogP contribution is -2.22. The van der Waals surface area contributed by atoms with Gasteiger partial charge in [-0.15, -0.1) is 0 Å². The largest absolute Gasteiger partial charge is 0.387 e. The molecule has 0 aromatic heterocycles. The Hall–Kier alpha value is -0.120. The Morgan fingerprint density at radius 3 is 2.65 bits per heavy atom. The Morgan fingerprint density at radius 2 is 2.06 bits per heavy atom. The molecule has 3 heteroatoms. The third kappa shape index (κ3) is 3.67. The lowest BCUT2D eigenvalue weighted by Gasteiger charge is -2.26. The lowest BCUT2D eigenvalue weighted by atomic mass is 10.0. The number of hydrogen-bond acceptors (Lipinski definition) is 3. The molecule has 0 aliphatic carbocycles. The fourth-order valence-electron chi connectivity index (χ4n) is 2.07. The highest BCUT2D eigenvalue weighted by atomic mass is 32.2. The summed E-state index contributed by atoms with van der Waals surface area (Å²) in [5.74, 6) is 3.46. The Morgan fingerprint density at radius 1 is 1.29 bits per heavy atom. The summed E-state index contributed by atoms with van der Waals surface area (Å²) in [4.78, 5) is 0. The minimum atomic E-state index is -0.302. The molecule has 1 saturated heterocycles. The number of aryl methyl sites for hydroxylation is 1. The van der Waals surface area contributed by atoms with Gasteiger partial charge in [-0.3, -0.25) is 0 Å². The van der Waals surface area contributed by atoms with Crippen LogP contribution in [0.5, 0.6) is 0 Å². The fourth-order valence-corrected chi connectivity index (χ4v) is 4.83. The van der Waals surface area contributed by atoms with Crippen molar-refractivity contribution in [1.29, 1.82) is 0 Å². The van der Waals surface area contributed by atoms with Crippen LogP contribution in [0.2, 0.25) is 0 Å². The van der Waals surface area contributed by atoms with E-state index in [-0.39, 0.29) is 6.10 Å². The first-order chi connectivity index (χ1) is 8.31. The van der Waals surface area contributed by atoms with Crippen LogP contribution in [0, 0.1) is 0 Å². The van der Waals surface area contributed by atoms with E-state index in [1.54, 1.807) is 0 Å². The van der Waals surface area contributed by atoms with E-state index in [0.717, 1.165) is 17.7 Å². The van der Waals surface area contributed by atoms with Gasteiger partial charge in [0.15, 0.2) is 0 Å². The maximum atomic E-state index is 10.3. The SMILES string of the molecule is CCCc1ccc(C(O)C2CSCCS2)cc1. The van der Waals surface area contributed by atoms with Crippen LogP contribution in [-0.2, 0) is 6.42 Å². The third-order valence-electron chi connectivity index (χ3n) is 3.05. The van der Waals surface area contributed by atoms with Gasteiger partial charge in [-0.25, -0.2) is 0 Å². The molecule has 0 spiro atoms. The minimum absolute atomic E-state index is 0.302. The molecule has 0 amide bonds. The van der Waals surface area contributed by atoms with E-state index < -0.39 is 0 Å². The van der Waals surface area contributed by atoms with Gasteiger partial charge in [-0.05, 0) is 17.5 Å². The van der Waals surface area contributed by atoms with E-state index in [9.17, 15) is 5.11 Å². The van der Waals surface area contributed by atoms with Crippen LogP contribution in [0.4, 0.5) is 0 Å². The van der Waals surface area contributed by atoms with Crippen LogP contribution in [0.25, 0.3) is 0 Å². The zero-order valence-corrected chi connectivity index (χ0v) is 11.9. The standard InChI is InChI=1S/C14H20OS2/c1-2-3-11-4-6-12(7-5-11)14(15)13-10-16-8-9-17-13/h4-7,13-15H,2-3,8-10H2,1H3. The van der Waals surface area contributed by atoms with Gasteiger partial charge in [-0.2, -0.15) is 23.5 Å². The maximum absolute atomic E-state index is 10.3. The van der Waals surface area contributed by atoms with E-state index in [0.29, 0.717) is 5.25 Å². The van der Waals surface area contributed by atoms with Crippen LogP contribution in [0.1, 0.15) is 30.6 Å². The first-order valence-corrected chi connectivity index (χ1v) is 8.48. The number of aliphatic hydroxyl groups excluding tert-OH is 1. The zero-order valence-electron chi connectivity index (χ0n) is 10.3. The predicted octanol–water partition coefficient (Wildman–Crippen LogP) is 3.52. The molecule has 1 N–H and O–H groups in total. The predicted molar refractivity (Wildman–Crippen MR) is 79.0 cm³/mol. The van der Waals surface area contributed by atoms with Crippen molar-refractivity contribution < 1.29 is 5.11 Å². The number of aliphatic hydroxyl groups is 1. The zero-order chi connectivity index (χ0) is 12.1. The van der Waals surface area contributed by atoms with Crippen LogP contribution >= 0.6 is 23.5 Å². The van der Waals surface area contributed by atoms with Crippen LogP contribution < -0.4 is 0 Å². The van der Waals surface area contributed by atoms with Crippen LogP contribution in [0.3, 0.4) is 0 Å². The Bertz CT molecular complexity index is 331. The van der Waals surface area contributed by atoms with Gasteiger partial charge in [0.05, 0.1) is 6.10 Å². The summed E-state index contributed by atoms with van der Waals surface area (Å²) in [6.07, 6.45) is 2.00. The molecule has 0 radical (unpaired) electrons. The normalized spacial score (nSPS) is 22.4. The quantitative estimate of drug-likeness (QED) is 0.902. The highest BCUT2D eigenvalue weighted by Crippen LogP contribution is 2.33. The van der Waals surface area contributed by atoms with Crippen molar-refractivity contribution in [3.8, 4) is 0 Å². The smallest absolute Gasteiger partial charge is 0.0916 e. The van der Waals surface area contributed by atoms with Gasteiger partial charge in [-0.1, -0.05) is 37.6 Å². The summed E-state index contributed by atoms with van der Waals surface area (Å²) in [6.45, 7) is 2.19. The van der Waals surface area contributed by atoms with Crippen molar-refractivity contribution in [3.63, 3.8) is 0 Å². The minimum Gasteiger partial charge on any atom is -0.387 e. The fraction of sp³-hybridized carbons (Fsp3) is 0.571. The number of benzene rings is 1. The number of rotatable bonds is 4. The molecular weight excluding hydrogens is 248 g/mol. The summed E-state index contributed by atoms with van der Waals surface area (Å²) in [5.41, 5.74) is 2.44. The molecule has 0 bridgehead atoms. The molecular formula is C14H20OS2. The van der Waals surface area contributed by atoms with Crippen molar-refractivity contribution in [1.82, 2.24) is 0 Å². The molecule has 0 saturated carbocycles. The van der Waals surface area contributed by atoms with Crippen molar-refractivity contribution in [2.45, 2.75) is 31.1 Å². The molecule has 17 heavy (non-hydrogen) atoms. The van der Waals surface area contributed by atoms with Gasteiger partial charge in [0.25, 0.3) is 0 Å². The molecule has 1 heterocycles. The van der Waals surface area contributed by atoms with Crippen molar-refractivity contribution in [3.05, 3.63) is 35.4 Å². The molecule has 1 nitrogen and oxygen atoms in total. The molecule has 2 rings (SSSR count). The second kappa shape index (κ2) is 6.72. The summed E-state index contributed by atoms with van der Waals surface area (Å²) in [5, 5.41) is 10.7. The van der Waals surface area contributed by atoms with Crippen molar-refractivity contribution in [2.75, 3.05) is 17.3 Å². The molecule has 2 unspecified atom stereocenters. The molecule has 1 aliphatic rings. The highest BCUT2D eigenvalue weighted by molar-refractivity contribution is 8.06. The summed E-state index contributed by atoms with van der Waals surface area (Å²) in [6, 6.07) is 8.50. The van der Waals surface area contributed by atoms with Crippen molar-refractivity contribution >= 4 is 23.5 Å². The van der Waals surface area contributed by atoms with E-state index in [1.165, 1.54) is 23.5 Å². The molecule has 1 aromatic rings. The molecule has 94 valence electrons. The van der Waals surface area contributed by atoms with E-state index in [2.05, 4.69) is 31.2 Å². The molecule has 1 aliphatic heterocycles.